The third kappa shape index (κ3) is 6.47. The predicted molar refractivity (Wildman–Crippen MR) is 267 cm³/mol. The fourth-order valence-electron chi connectivity index (χ4n) is 9.37. The molecule has 12 aromatic rings. The van der Waals surface area contributed by atoms with Crippen molar-refractivity contribution in [2.75, 3.05) is 0 Å². The highest BCUT2D eigenvalue weighted by molar-refractivity contribution is 6.12. The number of para-hydroxylation sites is 3. The van der Waals surface area contributed by atoms with Crippen molar-refractivity contribution in [1.82, 2.24) is 19.1 Å². The van der Waals surface area contributed by atoms with Crippen LogP contribution in [0.4, 0.5) is 0 Å². The van der Waals surface area contributed by atoms with E-state index in [0.29, 0.717) is 0 Å². The molecule has 0 saturated heterocycles. The number of hydrogen-bond acceptors (Lipinski definition) is 2. The zero-order chi connectivity index (χ0) is 42.7. The lowest BCUT2D eigenvalue weighted by Crippen LogP contribution is -1.96. The van der Waals surface area contributed by atoms with Crippen molar-refractivity contribution in [3.8, 4) is 67.5 Å². The maximum absolute atomic E-state index is 5.06. The molecule has 0 aliphatic carbocycles. The van der Waals surface area contributed by atoms with Gasteiger partial charge in [0.25, 0.3) is 0 Å². The highest BCUT2D eigenvalue weighted by atomic mass is 15.0. The van der Waals surface area contributed by atoms with Gasteiger partial charge >= 0.3 is 0 Å². The van der Waals surface area contributed by atoms with E-state index < -0.39 is 0 Å². The summed E-state index contributed by atoms with van der Waals surface area (Å²) in [6.07, 6.45) is 0. The Balaban J connectivity index is 0.834. The summed E-state index contributed by atoms with van der Waals surface area (Å²) in [5.41, 5.74) is 19.2. The summed E-state index contributed by atoms with van der Waals surface area (Å²) in [5.74, 6) is 0.723. The molecule has 0 N–H and O–H groups in total. The molecule has 0 aliphatic rings. The van der Waals surface area contributed by atoms with E-state index in [1.54, 1.807) is 0 Å². The van der Waals surface area contributed by atoms with Crippen molar-refractivity contribution in [3.63, 3.8) is 0 Å². The Morgan fingerprint density at radius 3 is 1.11 bits per heavy atom. The summed E-state index contributed by atoms with van der Waals surface area (Å²) >= 11 is 0. The van der Waals surface area contributed by atoms with Crippen LogP contribution in [0.25, 0.3) is 111 Å². The minimum atomic E-state index is 0.723. The van der Waals surface area contributed by atoms with Gasteiger partial charge in [-0.15, -0.1) is 0 Å². The van der Waals surface area contributed by atoms with Crippen LogP contribution >= 0.6 is 0 Å². The highest BCUT2D eigenvalue weighted by Crippen LogP contribution is 2.38. The number of hydrogen-bond donors (Lipinski definition) is 0. The molecule has 302 valence electrons. The van der Waals surface area contributed by atoms with E-state index in [-0.39, 0.29) is 0 Å². The molecule has 0 unspecified atom stereocenters. The molecule has 64 heavy (non-hydrogen) atoms. The van der Waals surface area contributed by atoms with Gasteiger partial charge in [-0.1, -0.05) is 175 Å². The van der Waals surface area contributed by atoms with E-state index in [9.17, 15) is 0 Å². The summed E-state index contributed by atoms with van der Waals surface area (Å²) in [4.78, 5) is 10.1. The van der Waals surface area contributed by atoms with Crippen LogP contribution in [0, 0.1) is 13.8 Å². The second kappa shape index (κ2) is 15.2. The fourth-order valence-corrected chi connectivity index (χ4v) is 9.37. The number of aryl methyl sites for hydroxylation is 2. The van der Waals surface area contributed by atoms with Crippen LogP contribution in [0.5, 0.6) is 0 Å². The third-order valence-electron chi connectivity index (χ3n) is 12.7. The first kappa shape index (κ1) is 37.4. The monoisotopic (exact) mass is 818 g/mol. The standard InChI is InChI=1S/C60H42N4/c1-39-15-19-45(20-16-39)54-38-55(62-60(61-54)47-21-17-40(2)18-22-47)46-29-27-43(28-30-46)41-23-25-42(26-24-41)44-31-33-48(34-32-44)63-58-14-8-5-11-52(58)53-37-49(35-36-59(53)63)64-56-12-6-3-9-50(56)51-10-4-7-13-57(51)64/h3-38H,1-2H3. The minimum absolute atomic E-state index is 0.723. The molecular formula is C60H42N4. The van der Waals surface area contributed by atoms with E-state index >= 15 is 0 Å². The largest absolute Gasteiger partial charge is 0.309 e. The summed E-state index contributed by atoms with van der Waals surface area (Å²) in [5, 5.41) is 5.01. The van der Waals surface area contributed by atoms with Crippen LogP contribution < -0.4 is 0 Å². The Labute approximate surface area is 372 Å². The molecule has 4 nitrogen and oxygen atoms in total. The van der Waals surface area contributed by atoms with E-state index in [2.05, 4.69) is 241 Å². The van der Waals surface area contributed by atoms with E-state index in [4.69, 9.17) is 9.97 Å². The molecule has 0 atom stereocenters. The van der Waals surface area contributed by atoms with Gasteiger partial charge in [-0.3, -0.25) is 0 Å². The lowest BCUT2D eigenvalue weighted by molar-refractivity contribution is 1.17. The van der Waals surface area contributed by atoms with Gasteiger partial charge < -0.3 is 9.13 Å². The van der Waals surface area contributed by atoms with Gasteiger partial charge in [0, 0.05) is 49.6 Å². The Bertz CT molecular complexity index is 3570. The van der Waals surface area contributed by atoms with Crippen molar-refractivity contribution >= 4 is 43.6 Å². The highest BCUT2D eigenvalue weighted by Gasteiger charge is 2.17. The lowest BCUT2D eigenvalue weighted by atomic mass is 9.98. The molecule has 0 bridgehead atoms. The molecular weight excluding hydrogens is 777 g/mol. The van der Waals surface area contributed by atoms with Crippen LogP contribution in [0.15, 0.2) is 218 Å². The maximum atomic E-state index is 5.06. The average Bonchev–Trinajstić information content (AvgIpc) is 3.87. The fraction of sp³-hybridized carbons (Fsp3) is 0.0333. The van der Waals surface area contributed by atoms with Crippen molar-refractivity contribution < 1.29 is 0 Å². The van der Waals surface area contributed by atoms with Crippen LogP contribution in [0.3, 0.4) is 0 Å². The van der Waals surface area contributed by atoms with Crippen LogP contribution in [0.2, 0.25) is 0 Å². The number of nitrogens with zero attached hydrogens (tertiary/aromatic N) is 4. The van der Waals surface area contributed by atoms with Crippen molar-refractivity contribution in [3.05, 3.63) is 230 Å². The van der Waals surface area contributed by atoms with Gasteiger partial charge in [-0.2, -0.15) is 0 Å². The van der Waals surface area contributed by atoms with E-state index in [1.807, 2.05) is 0 Å². The second-order valence-corrected chi connectivity index (χ2v) is 16.8. The average molecular weight is 819 g/mol. The van der Waals surface area contributed by atoms with Gasteiger partial charge in [0.05, 0.1) is 33.5 Å². The smallest absolute Gasteiger partial charge is 0.160 e. The van der Waals surface area contributed by atoms with E-state index in [0.717, 1.165) is 50.8 Å². The number of benzene rings is 9. The quantitative estimate of drug-likeness (QED) is 0.161. The normalized spacial score (nSPS) is 11.6. The number of rotatable bonds is 7. The van der Waals surface area contributed by atoms with Gasteiger partial charge in [0.15, 0.2) is 5.82 Å². The van der Waals surface area contributed by atoms with Crippen LogP contribution in [-0.2, 0) is 0 Å². The topological polar surface area (TPSA) is 35.6 Å². The van der Waals surface area contributed by atoms with E-state index in [1.165, 1.54) is 71.4 Å². The second-order valence-electron chi connectivity index (χ2n) is 16.8. The SMILES string of the molecule is Cc1ccc(-c2cc(-c3ccc(-c4ccc(-c5ccc(-n6c7ccccc7c7cc(-n8c9ccccc9c9ccccc98)ccc76)cc5)cc4)cc3)nc(-c3ccc(C)cc3)n2)cc1. The first-order chi connectivity index (χ1) is 31.5. The minimum Gasteiger partial charge on any atom is -0.309 e. The molecule has 0 fully saturated rings. The molecule has 3 heterocycles. The molecule has 4 heteroatoms. The molecule has 3 aromatic heterocycles. The first-order valence-corrected chi connectivity index (χ1v) is 21.9. The molecule has 9 aromatic carbocycles. The predicted octanol–water partition coefficient (Wildman–Crippen LogP) is 15.6. The molecule has 0 aliphatic heterocycles. The summed E-state index contributed by atoms with van der Waals surface area (Å²) in [7, 11) is 0. The van der Waals surface area contributed by atoms with Gasteiger partial charge in [-0.25, -0.2) is 9.97 Å². The van der Waals surface area contributed by atoms with Crippen molar-refractivity contribution in [1.29, 1.82) is 0 Å². The lowest BCUT2D eigenvalue weighted by Gasteiger charge is -2.12. The zero-order valence-corrected chi connectivity index (χ0v) is 35.6. The molecule has 0 saturated carbocycles. The summed E-state index contributed by atoms with van der Waals surface area (Å²) in [6, 6.07) is 78.7. The third-order valence-corrected chi connectivity index (χ3v) is 12.7. The van der Waals surface area contributed by atoms with Gasteiger partial charge in [-0.05, 0) is 90.7 Å². The van der Waals surface area contributed by atoms with Crippen LogP contribution in [0.1, 0.15) is 11.1 Å². The van der Waals surface area contributed by atoms with Gasteiger partial charge in [0.1, 0.15) is 0 Å². The Morgan fingerprint density at radius 2 is 0.625 bits per heavy atom. The van der Waals surface area contributed by atoms with Crippen molar-refractivity contribution in [2.45, 2.75) is 13.8 Å². The number of fused-ring (bicyclic) bond motifs is 6. The van der Waals surface area contributed by atoms with Crippen LogP contribution in [-0.4, -0.2) is 19.1 Å². The number of aromatic nitrogens is 4. The zero-order valence-electron chi connectivity index (χ0n) is 35.6. The molecule has 0 radical (unpaired) electrons. The maximum Gasteiger partial charge on any atom is 0.160 e. The Kier molecular flexibility index (Phi) is 8.91. The summed E-state index contributed by atoms with van der Waals surface area (Å²) in [6.45, 7) is 4.21. The Morgan fingerprint density at radius 1 is 0.281 bits per heavy atom. The van der Waals surface area contributed by atoms with Gasteiger partial charge in [0.2, 0.25) is 0 Å². The van der Waals surface area contributed by atoms with Crippen molar-refractivity contribution in [2.24, 2.45) is 0 Å². The molecule has 12 rings (SSSR count). The molecule has 0 amide bonds. The summed E-state index contributed by atoms with van der Waals surface area (Å²) < 4.78 is 4.79. The molecule has 0 spiro atoms. The Hall–Kier alpha value is -8.34. The first-order valence-electron chi connectivity index (χ1n) is 21.9.